The first-order valence-corrected chi connectivity index (χ1v) is 25.1. The molecule has 0 bridgehead atoms. The second kappa shape index (κ2) is 22.5. The summed E-state index contributed by atoms with van der Waals surface area (Å²) in [6.07, 6.45) is 6.54. The Balaban J connectivity index is 0.000000174. The maximum atomic E-state index is 6.00. The Kier molecular flexibility index (Phi) is 17.2. The number of rotatable bonds is 7. The van der Waals surface area contributed by atoms with E-state index < -0.39 is 15.8 Å². The number of hydrogen-bond donors (Lipinski definition) is 0. The van der Waals surface area contributed by atoms with Crippen molar-refractivity contribution >= 4 is 61.7 Å². The number of benzene rings is 5. The van der Waals surface area contributed by atoms with Crippen LogP contribution in [0.25, 0.3) is 5.32 Å². The van der Waals surface area contributed by atoms with Crippen LogP contribution in [0.1, 0.15) is 13.8 Å². The van der Waals surface area contributed by atoms with Crippen LogP contribution in [0.4, 0.5) is 0 Å². The fourth-order valence-electron chi connectivity index (χ4n) is 6.03. The van der Waals surface area contributed by atoms with Crippen molar-refractivity contribution in [2.45, 2.75) is 19.9 Å². The van der Waals surface area contributed by atoms with Gasteiger partial charge in [0.2, 0.25) is 0 Å². The Morgan fingerprint density at radius 2 is 0.981 bits per heavy atom. The van der Waals surface area contributed by atoms with E-state index >= 15 is 0 Å². The zero-order chi connectivity index (χ0) is 37.1. The van der Waals surface area contributed by atoms with Gasteiger partial charge >= 0.3 is 34.5 Å². The zero-order valence-electron chi connectivity index (χ0n) is 29.9. The summed E-state index contributed by atoms with van der Waals surface area (Å²) in [6, 6.07) is 64.4. The van der Waals surface area contributed by atoms with Crippen LogP contribution in [0.2, 0.25) is 0 Å². The van der Waals surface area contributed by atoms with Crippen molar-refractivity contribution in [3.8, 4) is 0 Å². The second-order valence-electron chi connectivity index (χ2n) is 12.5. The molecule has 0 unspecified atom stereocenters. The number of ether oxygens (including phenoxy) is 1. The van der Waals surface area contributed by atoms with Gasteiger partial charge in [-0.1, -0.05) is 123 Å². The van der Waals surface area contributed by atoms with E-state index in [1.165, 1.54) is 31.8 Å². The van der Waals surface area contributed by atoms with Gasteiger partial charge in [0.1, 0.15) is 31.8 Å². The molecule has 8 rings (SSSR count). The van der Waals surface area contributed by atoms with Crippen LogP contribution in [0.3, 0.4) is 0 Å². The van der Waals surface area contributed by atoms with Crippen molar-refractivity contribution in [1.82, 2.24) is 0 Å². The Morgan fingerprint density at radius 1 is 0.604 bits per heavy atom. The van der Waals surface area contributed by atoms with Gasteiger partial charge in [-0.3, -0.25) is 0 Å². The van der Waals surface area contributed by atoms with Crippen LogP contribution < -0.4 is 26.5 Å². The normalized spacial score (nSPS) is 15.6. The molecule has 0 N–H and O–H groups in total. The number of nitrogens with zero attached hydrogens (tertiary/aromatic N) is 1. The quantitative estimate of drug-likeness (QED) is 0.0891. The van der Waals surface area contributed by atoms with E-state index in [2.05, 4.69) is 184 Å². The Labute approximate surface area is 334 Å². The third-order valence-corrected chi connectivity index (χ3v) is 14.2. The minimum atomic E-state index is -1.10. The zero-order valence-corrected chi connectivity index (χ0v) is 35.1. The van der Waals surface area contributed by atoms with E-state index in [0.717, 1.165) is 11.5 Å². The van der Waals surface area contributed by atoms with E-state index in [-0.39, 0.29) is 21.2 Å². The van der Waals surface area contributed by atoms with E-state index in [1.54, 1.807) is 0 Å². The molecule has 53 heavy (non-hydrogen) atoms. The first-order chi connectivity index (χ1) is 26.1. The van der Waals surface area contributed by atoms with Crippen molar-refractivity contribution in [3.63, 3.8) is 0 Å². The van der Waals surface area contributed by atoms with Crippen molar-refractivity contribution in [2.24, 2.45) is 5.92 Å². The standard InChI is InChI=1S/C23H23NOP.C18H15P.C5H5.2ClH.Ru/c1-17(2)21-16-25-23(24-21)20-14-9-15-22(20)26(18-10-5-3-6-11-18)19-12-7-4-8-13-19;1-4-10-16(11-5-1)19(17-12-6-2-7-13-17)18-14-8-3-9-15-18;1-2-4-5-3-1;;;/h3-15,17,21H,16H2,1-2H3;1-15H;1-5H;2*1H;/q-1;;-1;;;+4/b23-20+;;;;;/t21-;;;;;/m0...../s1. The Morgan fingerprint density at radius 3 is 1.30 bits per heavy atom. The van der Waals surface area contributed by atoms with Gasteiger partial charge in [-0.15, -0.1) is 0 Å². The first-order valence-electron chi connectivity index (χ1n) is 17.6. The molecule has 0 radical (unpaired) electrons. The van der Waals surface area contributed by atoms with E-state index in [4.69, 9.17) is 29.4 Å². The first kappa shape index (κ1) is 40.5. The summed E-state index contributed by atoms with van der Waals surface area (Å²) in [4.78, 5) is 0. The summed E-state index contributed by atoms with van der Waals surface area (Å²) >= 11 is -0.346. The fraction of sp³-hybridized carbons (Fsp3) is 0.109. The summed E-state index contributed by atoms with van der Waals surface area (Å²) in [7, 11) is 7.73. The average molecular weight is 862 g/mol. The average Bonchev–Trinajstić information content (AvgIpc) is 4.03. The molecule has 2 aliphatic rings. The molecular formula is C46H45Cl2NOP2Ru+2. The molecule has 1 atom stereocenters. The molecule has 1 aliphatic carbocycles. The third-order valence-electron chi connectivity index (χ3n) is 8.63. The van der Waals surface area contributed by atoms with E-state index in [0.29, 0.717) is 12.5 Å². The molecule has 0 saturated carbocycles. The number of allylic oxidation sites excluding steroid dienone is 5. The third kappa shape index (κ3) is 12.2. The molecule has 6 aromatic rings. The maximum Gasteiger partial charge on any atom is 0.102 e. The minimum absolute atomic E-state index is 0.261. The molecular weight excluding hydrogens is 816 g/mol. The van der Waals surface area contributed by atoms with Crippen LogP contribution in [-0.4, -0.2) is 12.6 Å². The van der Waals surface area contributed by atoms with Gasteiger partial charge < -0.3 is 10.1 Å². The summed E-state index contributed by atoms with van der Waals surface area (Å²) in [5, 5.41) is 13.3. The van der Waals surface area contributed by atoms with Gasteiger partial charge in [-0.05, 0) is 72.8 Å². The summed E-state index contributed by atoms with van der Waals surface area (Å²) in [5.41, 5.74) is 1.16. The van der Waals surface area contributed by atoms with Crippen molar-refractivity contribution in [1.29, 1.82) is 0 Å². The molecule has 1 saturated heterocycles. The molecule has 6 aromatic carbocycles. The SMILES string of the molecule is CC(C)[C@@H]1CO/C(=C2\C=CC=C2[PH+](c2ccccc2)c2ccccc2)[N-]1.[Cl][Ru+2][Cl].c1cc[cH-]c1.c1ccc([PH+](c2ccccc2)c2ccccc2)cc1. The predicted octanol–water partition coefficient (Wildman–Crippen LogP) is 10.9. The van der Waals surface area contributed by atoms with Gasteiger partial charge in [0.25, 0.3) is 0 Å². The summed E-state index contributed by atoms with van der Waals surface area (Å²) in [6.45, 7) is 5.10. The molecule has 2 nitrogen and oxygen atoms in total. The molecule has 0 amide bonds. The predicted molar refractivity (Wildman–Crippen MR) is 233 cm³/mol. The fourth-order valence-corrected chi connectivity index (χ4v) is 11.3. The topological polar surface area (TPSA) is 23.3 Å². The van der Waals surface area contributed by atoms with Crippen LogP contribution in [0.15, 0.2) is 217 Å². The van der Waals surface area contributed by atoms with Crippen LogP contribution in [0.5, 0.6) is 0 Å². The van der Waals surface area contributed by atoms with Gasteiger partial charge in [0, 0.05) is 11.5 Å². The minimum Gasteiger partial charge on any atom is -0.214 e. The molecule has 1 fully saturated rings. The molecule has 0 spiro atoms. The summed E-state index contributed by atoms with van der Waals surface area (Å²) < 4.78 is 6.00. The molecule has 0 aromatic heterocycles. The smallest absolute Gasteiger partial charge is 0.102 e. The number of halogens is 2. The maximum absolute atomic E-state index is 6.00. The second-order valence-corrected chi connectivity index (χ2v) is 20.1. The Hall–Kier alpha value is -3.67. The van der Waals surface area contributed by atoms with Crippen molar-refractivity contribution in [2.75, 3.05) is 6.61 Å². The van der Waals surface area contributed by atoms with Gasteiger partial charge in [0.05, 0.1) is 22.5 Å². The van der Waals surface area contributed by atoms with Crippen molar-refractivity contribution in [3.05, 3.63) is 222 Å². The largest absolute Gasteiger partial charge is 0.214 e. The van der Waals surface area contributed by atoms with E-state index in [1.807, 2.05) is 30.3 Å². The summed E-state index contributed by atoms with van der Waals surface area (Å²) in [5.74, 6) is 1.32. The molecule has 1 heterocycles. The number of hydrogen-bond acceptors (Lipinski definition) is 1. The van der Waals surface area contributed by atoms with Gasteiger partial charge in [-0.25, -0.2) is 12.1 Å². The Bertz CT molecular complexity index is 1820. The van der Waals surface area contributed by atoms with Gasteiger partial charge in [-0.2, -0.15) is 18.2 Å². The molecule has 270 valence electrons. The molecule has 7 heteroatoms. The van der Waals surface area contributed by atoms with Gasteiger partial charge in [0.15, 0.2) is 0 Å². The van der Waals surface area contributed by atoms with Crippen LogP contribution in [-0.2, 0) is 19.9 Å². The van der Waals surface area contributed by atoms with Crippen LogP contribution >= 0.6 is 35.2 Å². The monoisotopic (exact) mass is 861 g/mol. The van der Waals surface area contributed by atoms with E-state index in [9.17, 15) is 0 Å². The molecule has 1 aliphatic heterocycles. The van der Waals surface area contributed by atoms with Crippen molar-refractivity contribution < 1.29 is 19.9 Å². The van der Waals surface area contributed by atoms with Crippen LogP contribution in [0, 0.1) is 5.92 Å².